The molecule has 0 saturated carbocycles. The molecule has 2 heterocycles. The van der Waals surface area contributed by atoms with Gasteiger partial charge in [0, 0.05) is 24.2 Å². The molecule has 2 rings (SSSR count). The van der Waals surface area contributed by atoms with Crippen molar-refractivity contribution in [1.82, 2.24) is 14.8 Å². The maximum absolute atomic E-state index is 12.1. The predicted octanol–water partition coefficient (Wildman–Crippen LogP) is 2.48. The van der Waals surface area contributed by atoms with Crippen molar-refractivity contribution < 1.29 is 4.42 Å². The van der Waals surface area contributed by atoms with E-state index in [4.69, 9.17) is 4.42 Å². The number of aromatic amines is 1. The Morgan fingerprint density at radius 1 is 1.37 bits per heavy atom. The fourth-order valence-electron chi connectivity index (χ4n) is 1.90. The molecule has 19 heavy (non-hydrogen) atoms. The molecule has 0 amide bonds. The van der Waals surface area contributed by atoms with Crippen LogP contribution in [-0.2, 0) is 12.5 Å². The fourth-order valence-corrected chi connectivity index (χ4v) is 1.90. The van der Waals surface area contributed by atoms with Gasteiger partial charge >= 0.3 is 0 Å². The smallest absolute Gasteiger partial charge is 0.273 e. The van der Waals surface area contributed by atoms with Gasteiger partial charge in [-0.05, 0) is 13.0 Å². The maximum atomic E-state index is 12.1. The summed E-state index contributed by atoms with van der Waals surface area (Å²) in [5, 5.41) is 3.10. The van der Waals surface area contributed by atoms with Gasteiger partial charge in [-0.3, -0.25) is 14.6 Å². The highest BCUT2D eigenvalue weighted by molar-refractivity contribution is 5.67. The van der Waals surface area contributed by atoms with Gasteiger partial charge in [-0.2, -0.15) is 0 Å². The molecule has 0 unspecified atom stereocenters. The number of hydrogen-bond acceptors (Lipinski definition) is 3. The van der Waals surface area contributed by atoms with Crippen molar-refractivity contribution in [3.63, 3.8) is 0 Å². The predicted molar refractivity (Wildman–Crippen MR) is 74.9 cm³/mol. The lowest BCUT2D eigenvalue weighted by molar-refractivity contribution is 0.545. The van der Waals surface area contributed by atoms with Crippen LogP contribution in [0, 0.1) is 6.92 Å². The van der Waals surface area contributed by atoms with E-state index in [2.05, 4.69) is 30.9 Å². The van der Waals surface area contributed by atoms with E-state index >= 15 is 0 Å². The van der Waals surface area contributed by atoms with Crippen molar-refractivity contribution >= 4 is 12.2 Å². The Hall–Kier alpha value is -2.04. The first-order valence-electron chi connectivity index (χ1n) is 6.18. The third kappa shape index (κ3) is 2.70. The number of nitrogens with one attached hydrogen (secondary N) is 1. The Morgan fingerprint density at radius 3 is 2.58 bits per heavy atom. The van der Waals surface area contributed by atoms with Gasteiger partial charge in [-0.15, -0.1) is 0 Å². The van der Waals surface area contributed by atoms with E-state index in [-0.39, 0.29) is 11.0 Å². The molecule has 2 aromatic rings. The van der Waals surface area contributed by atoms with Crippen LogP contribution < -0.4 is 5.56 Å². The zero-order valence-corrected chi connectivity index (χ0v) is 11.9. The third-order valence-electron chi connectivity index (χ3n) is 2.86. The van der Waals surface area contributed by atoms with Gasteiger partial charge in [-0.25, -0.2) is 4.98 Å². The summed E-state index contributed by atoms with van der Waals surface area (Å²) in [4.78, 5) is 16.3. The van der Waals surface area contributed by atoms with Gasteiger partial charge in [-0.1, -0.05) is 20.8 Å². The Kier molecular flexibility index (Phi) is 3.22. The Labute approximate surface area is 112 Å². The molecule has 0 atom stereocenters. The lowest BCUT2D eigenvalue weighted by Crippen LogP contribution is -2.15. The molecule has 0 fully saturated rings. The van der Waals surface area contributed by atoms with Crippen molar-refractivity contribution in [1.29, 1.82) is 0 Å². The average Bonchev–Trinajstić information content (AvgIpc) is 2.82. The zero-order chi connectivity index (χ0) is 14.2. The van der Waals surface area contributed by atoms with Crippen LogP contribution in [0.5, 0.6) is 0 Å². The standard InChI is InChI=1S/C14H19N3O2/c1-9-8-19-11(15-9)7-6-10-12(14(2,3)4)16-17(5)13(10)18/h6-8,16H,1-5H3/b7-6+. The molecule has 0 aromatic carbocycles. The maximum Gasteiger partial charge on any atom is 0.273 e. The van der Waals surface area contributed by atoms with Crippen molar-refractivity contribution in [2.45, 2.75) is 33.1 Å². The van der Waals surface area contributed by atoms with Gasteiger partial charge < -0.3 is 4.42 Å². The first-order valence-corrected chi connectivity index (χ1v) is 6.18. The van der Waals surface area contributed by atoms with Crippen LogP contribution in [-0.4, -0.2) is 14.8 Å². The number of nitrogens with zero attached hydrogens (tertiary/aromatic N) is 2. The van der Waals surface area contributed by atoms with E-state index in [1.165, 1.54) is 4.68 Å². The van der Waals surface area contributed by atoms with Gasteiger partial charge in [0.1, 0.15) is 6.26 Å². The first kappa shape index (κ1) is 13.4. The molecule has 0 aliphatic heterocycles. The van der Waals surface area contributed by atoms with Crippen LogP contribution in [0.15, 0.2) is 15.5 Å². The molecule has 102 valence electrons. The molecule has 1 N–H and O–H groups in total. The lowest BCUT2D eigenvalue weighted by Gasteiger charge is -2.17. The summed E-state index contributed by atoms with van der Waals surface area (Å²) in [5.74, 6) is 0.501. The second-order valence-electron chi connectivity index (χ2n) is 5.68. The number of rotatable bonds is 2. The highest BCUT2D eigenvalue weighted by atomic mass is 16.3. The highest BCUT2D eigenvalue weighted by Gasteiger charge is 2.22. The molecule has 2 aromatic heterocycles. The topological polar surface area (TPSA) is 63.8 Å². The Bertz CT molecular complexity index is 666. The minimum Gasteiger partial charge on any atom is -0.445 e. The van der Waals surface area contributed by atoms with E-state index in [1.54, 1.807) is 25.5 Å². The molecule has 0 spiro atoms. The molecule has 0 aliphatic rings. The molecule has 0 aliphatic carbocycles. The van der Waals surface area contributed by atoms with Gasteiger partial charge in [0.15, 0.2) is 0 Å². The summed E-state index contributed by atoms with van der Waals surface area (Å²) in [6, 6.07) is 0. The summed E-state index contributed by atoms with van der Waals surface area (Å²) < 4.78 is 6.73. The van der Waals surface area contributed by atoms with Gasteiger partial charge in [0.2, 0.25) is 5.89 Å². The molecule has 0 radical (unpaired) electrons. The van der Waals surface area contributed by atoms with Crippen molar-refractivity contribution in [3.05, 3.63) is 39.5 Å². The Balaban J connectivity index is 2.45. The zero-order valence-electron chi connectivity index (χ0n) is 11.9. The summed E-state index contributed by atoms with van der Waals surface area (Å²) >= 11 is 0. The van der Waals surface area contributed by atoms with Crippen LogP contribution in [0.4, 0.5) is 0 Å². The molecular formula is C14H19N3O2. The number of oxazole rings is 1. The second kappa shape index (κ2) is 4.57. The number of hydrogen-bond donors (Lipinski definition) is 1. The minimum atomic E-state index is -0.132. The van der Waals surface area contributed by atoms with Crippen LogP contribution in [0.25, 0.3) is 12.2 Å². The van der Waals surface area contributed by atoms with E-state index in [0.29, 0.717) is 11.5 Å². The van der Waals surface area contributed by atoms with Crippen LogP contribution in [0.2, 0.25) is 0 Å². The second-order valence-corrected chi connectivity index (χ2v) is 5.68. The van der Waals surface area contributed by atoms with Crippen molar-refractivity contribution in [2.75, 3.05) is 0 Å². The van der Waals surface area contributed by atoms with Crippen LogP contribution in [0.3, 0.4) is 0 Å². The van der Waals surface area contributed by atoms with E-state index in [0.717, 1.165) is 11.4 Å². The van der Waals surface area contributed by atoms with E-state index in [9.17, 15) is 4.79 Å². The van der Waals surface area contributed by atoms with Crippen LogP contribution >= 0.6 is 0 Å². The molecule has 5 heteroatoms. The number of H-pyrrole nitrogens is 1. The normalized spacial score (nSPS) is 12.5. The van der Waals surface area contributed by atoms with Crippen molar-refractivity contribution in [2.24, 2.45) is 7.05 Å². The molecular weight excluding hydrogens is 242 g/mol. The summed E-state index contributed by atoms with van der Waals surface area (Å²) in [6.07, 6.45) is 5.05. The fraction of sp³-hybridized carbons (Fsp3) is 0.429. The van der Waals surface area contributed by atoms with Crippen LogP contribution in [0.1, 0.15) is 43.6 Å². The highest BCUT2D eigenvalue weighted by Crippen LogP contribution is 2.23. The number of aryl methyl sites for hydroxylation is 2. The summed E-state index contributed by atoms with van der Waals surface area (Å²) in [5.41, 5.74) is 2.18. The third-order valence-corrected chi connectivity index (χ3v) is 2.86. The van der Waals surface area contributed by atoms with E-state index < -0.39 is 0 Å². The Morgan fingerprint density at radius 2 is 2.05 bits per heavy atom. The molecule has 0 bridgehead atoms. The van der Waals surface area contributed by atoms with Gasteiger partial charge in [0.05, 0.1) is 11.3 Å². The monoisotopic (exact) mass is 261 g/mol. The van der Waals surface area contributed by atoms with Gasteiger partial charge in [0.25, 0.3) is 5.56 Å². The summed E-state index contributed by atoms with van der Waals surface area (Å²) in [6.45, 7) is 8.04. The van der Waals surface area contributed by atoms with E-state index in [1.807, 2.05) is 6.92 Å². The van der Waals surface area contributed by atoms with Crippen molar-refractivity contribution in [3.8, 4) is 0 Å². The average molecular weight is 261 g/mol. The number of aromatic nitrogens is 3. The summed E-state index contributed by atoms with van der Waals surface area (Å²) in [7, 11) is 1.71. The first-order chi connectivity index (χ1) is 8.79. The largest absolute Gasteiger partial charge is 0.445 e. The lowest BCUT2D eigenvalue weighted by atomic mass is 9.89. The minimum absolute atomic E-state index is 0.0514. The quantitative estimate of drug-likeness (QED) is 0.903. The molecule has 5 nitrogen and oxygen atoms in total. The SMILES string of the molecule is Cc1coc(/C=C/c2c(C(C)(C)C)[nH]n(C)c2=O)n1. The molecule has 0 saturated heterocycles.